The molecule has 0 bridgehead atoms. The Hall–Kier alpha value is -0.0900. The van der Waals surface area contributed by atoms with Crippen LogP contribution in [-0.2, 0) is 9.84 Å². The molecule has 0 aromatic rings. The van der Waals surface area contributed by atoms with Crippen LogP contribution in [0, 0.1) is 11.8 Å². The molecule has 0 spiro atoms. The summed E-state index contributed by atoms with van der Waals surface area (Å²) in [7, 11) is -2.87. The van der Waals surface area contributed by atoms with Gasteiger partial charge in [0.2, 0.25) is 0 Å². The van der Waals surface area contributed by atoms with Crippen LogP contribution in [0.1, 0.15) is 51.9 Å². The normalized spacial score (nSPS) is 25.9. The van der Waals surface area contributed by atoms with Crippen molar-refractivity contribution in [2.45, 2.75) is 64.0 Å². The molecule has 0 aromatic carbocycles. The number of hydrogen-bond donors (Lipinski definition) is 1. The van der Waals surface area contributed by atoms with Crippen molar-refractivity contribution < 1.29 is 8.42 Å². The van der Waals surface area contributed by atoms with Gasteiger partial charge in [-0.05, 0) is 44.4 Å². The number of sulfone groups is 1. The fourth-order valence-electron chi connectivity index (χ4n) is 3.44. The first-order chi connectivity index (χ1) is 8.46. The molecule has 3 nitrogen and oxygen atoms in total. The third kappa shape index (κ3) is 4.54. The van der Waals surface area contributed by atoms with Crippen molar-refractivity contribution >= 4 is 9.84 Å². The van der Waals surface area contributed by atoms with Gasteiger partial charge in [-0.25, -0.2) is 8.42 Å². The van der Waals surface area contributed by atoms with E-state index in [0.29, 0.717) is 6.04 Å². The second-order valence-corrected chi connectivity index (χ2v) is 8.61. The summed E-state index contributed by atoms with van der Waals surface area (Å²) in [5.74, 6) is 1.87. The summed E-state index contributed by atoms with van der Waals surface area (Å²) < 4.78 is 22.7. The van der Waals surface area contributed by atoms with Crippen molar-refractivity contribution in [1.29, 1.82) is 0 Å². The average Bonchev–Trinajstić information content (AvgIpc) is 3.08. The average molecular weight is 273 g/mol. The van der Waals surface area contributed by atoms with Gasteiger partial charge in [0.15, 0.2) is 0 Å². The Morgan fingerprint density at radius 1 is 1.06 bits per heavy atom. The van der Waals surface area contributed by atoms with Gasteiger partial charge in [0, 0.05) is 18.3 Å². The minimum Gasteiger partial charge on any atom is -0.310 e. The SMILES string of the molecule is C[C@H](CS(C)(=O)=O)N[C@H](C1CCCCC1)C1CC1. The summed E-state index contributed by atoms with van der Waals surface area (Å²) in [6.45, 7) is 2.01. The highest BCUT2D eigenvalue weighted by molar-refractivity contribution is 7.90. The quantitative estimate of drug-likeness (QED) is 0.808. The molecular weight excluding hydrogens is 246 g/mol. The van der Waals surface area contributed by atoms with Gasteiger partial charge in [-0.1, -0.05) is 19.3 Å². The molecule has 0 aromatic heterocycles. The van der Waals surface area contributed by atoms with E-state index in [-0.39, 0.29) is 11.8 Å². The molecule has 2 atom stereocenters. The van der Waals surface area contributed by atoms with Gasteiger partial charge < -0.3 is 5.32 Å². The first kappa shape index (κ1) is 14.3. The number of rotatable bonds is 6. The Morgan fingerprint density at radius 2 is 1.61 bits per heavy atom. The maximum Gasteiger partial charge on any atom is 0.148 e. The molecule has 2 saturated carbocycles. The predicted octanol–water partition coefficient (Wildman–Crippen LogP) is 2.37. The molecule has 0 radical (unpaired) electrons. The van der Waals surface area contributed by atoms with Crippen LogP contribution in [0.25, 0.3) is 0 Å². The van der Waals surface area contributed by atoms with E-state index in [1.165, 1.54) is 51.2 Å². The van der Waals surface area contributed by atoms with Crippen molar-refractivity contribution in [3.05, 3.63) is 0 Å². The lowest BCUT2D eigenvalue weighted by Crippen LogP contribution is -2.46. The monoisotopic (exact) mass is 273 g/mol. The van der Waals surface area contributed by atoms with Crippen LogP contribution in [0.5, 0.6) is 0 Å². The van der Waals surface area contributed by atoms with Crippen molar-refractivity contribution in [3.8, 4) is 0 Å². The van der Waals surface area contributed by atoms with E-state index >= 15 is 0 Å². The van der Waals surface area contributed by atoms with E-state index in [4.69, 9.17) is 0 Å². The topological polar surface area (TPSA) is 46.2 Å². The van der Waals surface area contributed by atoms with Gasteiger partial charge in [-0.2, -0.15) is 0 Å². The smallest absolute Gasteiger partial charge is 0.148 e. The minimum atomic E-state index is -2.87. The van der Waals surface area contributed by atoms with Crippen molar-refractivity contribution in [1.82, 2.24) is 5.32 Å². The maximum absolute atomic E-state index is 11.3. The highest BCUT2D eigenvalue weighted by atomic mass is 32.2. The van der Waals surface area contributed by atoms with Crippen molar-refractivity contribution in [3.63, 3.8) is 0 Å². The lowest BCUT2D eigenvalue weighted by Gasteiger charge is -2.33. The Bertz CT molecular complexity index is 356. The van der Waals surface area contributed by atoms with E-state index in [9.17, 15) is 8.42 Å². The van der Waals surface area contributed by atoms with Crippen molar-refractivity contribution in [2.75, 3.05) is 12.0 Å². The van der Waals surface area contributed by atoms with E-state index in [1.807, 2.05) is 6.92 Å². The van der Waals surface area contributed by atoms with Crippen LogP contribution in [0.4, 0.5) is 0 Å². The fraction of sp³-hybridized carbons (Fsp3) is 1.00. The van der Waals surface area contributed by atoms with Crippen LogP contribution in [0.2, 0.25) is 0 Å². The van der Waals surface area contributed by atoms with Gasteiger partial charge in [0.1, 0.15) is 9.84 Å². The third-order valence-electron chi connectivity index (χ3n) is 4.32. The molecule has 0 heterocycles. The van der Waals surface area contributed by atoms with Crippen molar-refractivity contribution in [2.24, 2.45) is 11.8 Å². The molecule has 18 heavy (non-hydrogen) atoms. The highest BCUT2D eigenvalue weighted by Gasteiger charge is 2.37. The van der Waals surface area contributed by atoms with Crippen LogP contribution in [0.3, 0.4) is 0 Å². The second kappa shape index (κ2) is 5.91. The molecule has 2 rings (SSSR count). The zero-order valence-electron chi connectivity index (χ0n) is 11.7. The molecule has 2 aliphatic rings. The van der Waals surface area contributed by atoms with E-state index in [2.05, 4.69) is 5.32 Å². The molecule has 0 unspecified atom stereocenters. The largest absolute Gasteiger partial charge is 0.310 e. The highest BCUT2D eigenvalue weighted by Crippen LogP contribution is 2.40. The Labute approximate surface area is 112 Å². The van der Waals surface area contributed by atoms with E-state index in [0.717, 1.165) is 11.8 Å². The van der Waals surface area contributed by atoms with Gasteiger partial charge in [-0.15, -0.1) is 0 Å². The molecule has 1 N–H and O–H groups in total. The fourth-order valence-corrected chi connectivity index (χ4v) is 4.44. The first-order valence-electron chi connectivity index (χ1n) is 7.39. The molecule has 0 aliphatic heterocycles. The summed E-state index contributed by atoms with van der Waals surface area (Å²) in [6.07, 6.45) is 10.8. The lowest BCUT2D eigenvalue weighted by molar-refractivity contribution is 0.237. The van der Waals surface area contributed by atoms with Gasteiger partial charge in [0.05, 0.1) is 5.75 Å². The van der Waals surface area contributed by atoms with Crippen LogP contribution in [0.15, 0.2) is 0 Å². The van der Waals surface area contributed by atoms with E-state index < -0.39 is 9.84 Å². The zero-order chi connectivity index (χ0) is 13.2. The van der Waals surface area contributed by atoms with Gasteiger partial charge >= 0.3 is 0 Å². The minimum absolute atomic E-state index is 0.0903. The van der Waals surface area contributed by atoms with Crippen LogP contribution in [-0.4, -0.2) is 32.5 Å². The molecule has 2 fully saturated rings. The van der Waals surface area contributed by atoms with E-state index in [1.54, 1.807) is 0 Å². The standard InChI is InChI=1S/C14H27NO2S/c1-11(10-18(2,16)17)15-14(13-8-9-13)12-6-4-3-5-7-12/h11-15H,3-10H2,1-2H3/t11-,14-/m1/s1. The Kier molecular flexibility index (Phi) is 4.70. The first-order valence-corrected chi connectivity index (χ1v) is 9.45. The molecule has 0 amide bonds. The molecule has 2 aliphatic carbocycles. The predicted molar refractivity (Wildman–Crippen MR) is 75.4 cm³/mol. The lowest BCUT2D eigenvalue weighted by atomic mass is 9.82. The summed E-state index contributed by atoms with van der Waals surface area (Å²) in [5, 5.41) is 3.63. The second-order valence-electron chi connectivity index (χ2n) is 6.42. The third-order valence-corrected chi connectivity index (χ3v) is 5.42. The van der Waals surface area contributed by atoms with Gasteiger partial charge in [-0.3, -0.25) is 0 Å². The number of hydrogen-bond acceptors (Lipinski definition) is 3. The summed E-state index contributed by atoms with van der Waals surface area (Å²) in [5.41, 5.74) is 0. The van der Waals surface area contributed by atoms with Gasteiger partial charge in [0.25, 0.3) is 0 Å². The summed E-state index contributed by atoms with van der Waals surface area (Å²) in [6, 6.07) is 0.662. The summed E-state index contributed by atoms with van der Waals surface area (Å²) in [4.78, 5) is 0. The Balaban J connectivity index is 1.89. The molecule has 106 valence electrons. The molecule has 0 saturated heterocycles. The maximum atomic E-state index is 11.3. The molecule has 4 heteroatoms. The summed E-state index contributed by atoms with van der Waals surface area (Å²) >= 11 is 0. The van der Waals surface area contributed by atoms with Crippen LogP contribution >= 0.6 is 0 Å². The zero-order valence-corrected chi connectivity index (χ0v) is 12.5. The Morgan fingerprint density at radius 3 is 2.11 bits per heavy atom. The molecular formula is C14H27NO2S. The van der Waals surface area contributed by atoms with Crippen LogP contribution < -0.4 is 5.32 Å². The number of nitrogens with one attached hydrogen (secondary N) is 1.